The molecule has 11 aromatic rings. The average Bonchev–Trinajstić information content (AvgIpc) is 3.85. The Bertz CT molecular complexity index is 3330. The fourth-order valence-corrected chi connectivity index (χ4v) is 10.0. The van der Waals surface area contributed by atoms with E-state index < -0.39 is 5.41 Å². The van der Waals surface area contributed by atoms with Crippen LogP contribution in [0.1, 0.15) is 22.3 Å². The molecule has 0 saturated carbocycles. The maximum absolute atomic E-state index is 7.11. The number of rotatable bonds is 6. The second-order valence-corrected chi connectivity index (χ2v) is 15.6. The highest BCUT2D eigenvalue weighted by molar-refractivity contribution is 6.17. The third-order valence-corrected chi connectivity index (χ3v) is 12.5. The van der Waals surface area contributed by atoms with Gasteiger partial charge in [-0.2, -0.15) is 0 Å². The molecular weight excluding hydrogens is 715 g/mol. The van der Waals surface area contributed by atoms with Crippen LogP contribution in [0.5, 0.6) is 0 Å². The molecule has 0 bridgehead atoms. The van der Waals surface area contributed by atoms with Crippen LogP contribution >= 0.6 is 0 Å². The van der Waals surface area contributed by atoms with Gasteiger partial charge in [0.1, 0.15) is 5.58 Å². The summed E-state index contributed by atoms with van der Waals surface area (Å²) >= 11 is 0. The van der Waals surface area contributed by atoms with Gasteiger partial charge in [0.15, 0.2) is 5.58 Å². The SMILES string of the molecule is c1ccc(-c2cccc3c2oc2c(N(c4ccc(C5(c6ccccc6)c6ccccc6-c6ccccc65)cc4)c4cc5ccccc5c5ccccc45)cccc23)cc1. The van der Waals surface area contributed by atoms with Gasteiger partial charge < -0.3 is 9.32 Å². The predicted molar refractivity (Wildman–Crippen MR) is 246 cm³/mol. The van der Waals surface area contributed by atoms with Gasteiger partial charge in [-0.05, 0) is 79.4 Å². The van der Waals surface area contributed by atoms with E-state index in [0.717, 1.165) is 50.1 Å². The van der Waals surface area contributed by atoms with Gasteiger partial charge in [0.2, 0.25) is 0 Å². The minimum atomic E-state index is -0.486. The van der Waals surface area contributed by atoms with Gasteiger partial charge in [0.25, 0.3) is 0 Å². The smallest absolute Gasteiger partial charge is 0.159 e. The van der Waals surface area contributed by atoms with Crippen LogP contribution in [0, 0.1) is 0 Å². The maximum atomic E-state index is 7.11. The molecule has 0 unspecified atom stereocenters. The summed E-state index contributed by atoms with van der Waals surface area (Å²) in [4.78, 5) is 2.41. The molecule has 1 aliphatic rings. The number of anilines is 3. The third-order valence-electron chi connectivity index (χ3n) is 12.5. The first kappa shape index (κ1) is 33.5. The molecule has 12 rings (SSSR count). The number of furan rings is 1. The van der Waals surface area contributed by atoms with Crippen LogP contribution < -0.4 is 4.90 Å². The molecule has 1 aromatic heterocycles. The fraction of sp³-hybridized carbons (Fsp3) is 0.0175. The van der Waals surface area contributed by atoms with Crippen molar-refractivity contribution in [2.75, 3.05) is 4.90 Å². The number of hydrogen-bond acceptors (Lipinski definition) is 2. The summed E-state index contributed by atoms with van der Waals surface area (Å²) in [5, 5.41) is 7.00. The van der Waals surface area contributed by atoms with Crippen molar-refractivity contribution in [3.05, 3.63) is 247 Å². The topological polar surface area (TPSA) is 16.4 Å². The van der Waals surface area contributed by atoms with E-state index in [0.29, 0.717) is 0 Å². The lowest BCUT2D eigenvalue weighted by molar-refractivity contribution is 0.670. The monoisotopic (exact) mass is 751 g/mol. The molecule has 59 heavy (non-hydrogen) atoms. The molecular formula is C57H37NO. The average molecular weight is 752 g/mol. The lowest BCUT2D eigenvalue weighted by Gasteiger charge is -2.34. The summed E-state index contributed by atoms with van der Waals surface area (Å²) in [6.07, 6.45) is 0. The molecule has 2 heteroatoms. The van der Waals surface area contributed by atoms with E-state index in [1.54, 1.807) is 0 Å². The first-order valence-electron chi connectivity index (χ1n) is 20.3. The minimum Gasteiger partial charge on any atom is -0.453 e. The summed E-state index contributed by atoms with van der Waals surface area (Å²) in [6.45, 7) is 0. The number of para-hydroxylation sites is 2. The van der Waals surface area contributed by atoms with Crippen molar-refractivity contribution in [3.63, 3.8) is 0 Å². The van der Waals surface area contributed by atoms with E-state index in [1.807, 2.05) is 0 Å². The van der Waals surface area contributed by atoms with Crippen molar-refractivity contribution >= 4 is 60.5 Å². The van der Waals surface area contributed by atoms with Crippen molar-refractivity contribution < 1.29 is 4.42 Å². The van der Waals surface area contributed by atoms with Crippen LogP contribution in [0.25, 0.3) is 65.7 Å². The third kappa shape index (κ3) is 4.93. The minimum absolute atomic E-state index is 0.486. The quantitative estimate of drug-likeness (QED) is 0.157. The number of fused-ring (bicyclic) bond motifs is 9. The molecule has 0 amide bonds. The molecule has 0 N–H and O–H groups in total. The summed E-state index contributed by atoms with van der Waals surface area (Å²) in [7, 11) is 0. The highest BCUT2D eigenvalue weighted by Gasteiger charge is 2.45. The molecule has 0 fully saturated rings. The van der Waals surface area contributed by atoms with E-state index in [2.05, 4.69) is 229 Å². The van der Waals surface area contributed by atoms with Crippen LogP contribution in [0.4, 0.5) is 17.1 Å². The normalized spacial score (nSPS) is 12.9. The fourth-order valence-electron chi connectivity index (χ4n) is 10.0. The Balaban J connectivity index is 1.13. The van der Waals surface area contributed by atoms with Crippen molar-refractivity contribution in [2.45, 2.75) is 5.41 Å². The van der Waals surface area contributed by atoms with E-state index in [1.165, 1.54) is 54.9 Å². The number of benzene rings is 10. The Labute approximate surface area is 342 Å². The van der Waals surface area contributed by atoms with E-state index in [-0.39, 0.29) is 0 Å². The zero-order valence-electron chi connectivity index (χ0n) is 32.2. The van der Waals surface area contributed by atoms with Crippen molar-refractivity contribution in [3.8, 4) is 22.3 Å². The molecule has 0 radical (unpaired) electrons. The summed E-state index contributed by atoms with van der Waals surface area (Å²) in [6, 6.07) is 81.6. The van der Waals surface area contributed by atoms with Gasteiger partial charge >= 0.3 is 0 Å². The van der Waals surface area contributed by atoms with E-state index in [4.69, 9.17) is 4.42 Å². The lowest BCUT2D eigenvalue weighted by atomic mass is 9.68. The van der Waals surface area contributed by atoms with Gasteiger partial charge in [0.05, 0.1) is 16.8 Å². The van der Waals surface area contributed by atoms with Gasteiger partial charge in [0, 0.05) is 27.4 Å². The van der Waals surface area contributed by atoms with Crippen LogP contribution in [-0.4, -0.2) is 0 Å². The van der Waals surface area contributed by atoms with Gasteiger partial charge in [-0.1, -0.05) is 200 Å². The lowest BCUT2D eigenvalue weighted by Crippen LogP contribution is -2.28. The van der Waals surface area contributed by atoms with E-state index >= 15 is 0 Å². The van der Waals surface area contributed by atoms with Gasteiger partial charge in [-0.15, -0.1) is 0 Å². The van der Waals surface area contributed by atoms with Crippen LogP contribution in [-0.2, 0) is 5.41 Å². The van der Waals surface area contributed by atoms with Gasteiger partial charge in [-0.3, -0.25) is 0 Å². The molecule has 276 valence electrons. The van der Waals surface area contributed by atoms with Crippen LogP contribution in [0.15, 0.2) is 229 Å². The van der Waals surface area contributed by atoms with Crippen LogP contribution in [0.2, 0.25) is 0 Å². The number of nitrogens with zero attached hydrogens (tertiary/aromatic N) is 1. The molecule has 10 aromatic carbocycles. The van der Waals surface area contributed by atoms with Crippen molar-refractivity contribution in [1.82, 2.24) is 0 Å². The van der Waals surface area contributed by atoms with E-state index in [9.17, 15) is 0 Å². The highest BCUT2D eigenvalue weighted by atomic mass is 16.3. The standard InChI is InChI=1S/C57H37NO/c1-3-17-38(18-4-1)44-27-15-28-49-50-29-16-32-53(56(50)59-55(44)49)58(54-37-39-19-7-8-22-43(39)45-23-9-10-26-48(45)54)42-35-33-41(34-36-42)57(40-20-5-2-6-21-40)51-30-13-11-24-46(51)47-25-12-14-31-52(47)57/h1-37H. The van der Waals surface area contributed by atoms with Crippen molar-refractivity contribution in [1.29, 1.82) is 0 Å². The molecule has 2 nitrogen and oxygen atoms in total. The molecule has 1 heterocycles. The first-order chi connectivity index (χ1) is 29.3. The molecule has 1 aliphatic carbocycles. The Morgan fingerprint density at radius 3 is 1.59 bits per heavy atom. The largest absolute Gasteiger partial charge is 0.453 e. The zero-order valence-corrected chi connectivity index (χ0v) is 32.2. The Kier molecular flexibility index (Phi) is 7.48. The van der Waals surface area contributed by atoms with Crippen LogP contribution in [0.3, 0.4) is 0 Å². The molecule has 0 spiro atoms. The summed E-state index contributed by atoms with van der Waals surface area (Å²) in [5.41, 5.74) is 14.3. The highest BCUT2D eigenvalue weighted by Crippen LogP contribution is 2.56. The van der Waals surface area contributed by atoms with Gasteiger partial charge in [-0.25, -0.2) is 0 Å². The maximum Gasteiger partial charge on any atom is 0.159 e. The Morgan fingerprint density at radius 1 is 0.339 bits per heavy atom. The Morgan fingerprint density at radius 2 is 0.864 bits per heavy atom. The second kappa shape index (κ2) is 13.2. The second-order valence-electron chi connectivity index (χ2n) is 15.6. The zero-order chi connectivity index (χ0) is 38.9. The molecule has 0 aliphatic heterocycles. The predicted octanol–water partition coefficient (Wildman–Crippen LogP) is 15.4. The molecule has 0 atom stereocenters. The summed E-state index contributed by atoms with van der Waals surface area (Å²) < 4.78 is 7.11. The Hall–Kier alpha value is -7.68. The summed E-state index contributed by atoms with van der Waals surface area (Å²) in [5.74, 6) is 0. The number of hydrogen-bond donors (Lipinski definition) is 0. The first-order valence-corrected chi connectivity index (χ1v) is 20.3. The van der Waals surface area contributed by atoms with Crippen molar-refractivity contribution in [2.24, 2.45) is 0 Å². The molecule has 0 saturated heterocycles.